The van der Waals surface area contributed by atoms with Crippen LogP contribution in [0.3, 0.4) is 0 Å². The van der Waals surface area contributed by atoms with Crippen molar-refractivity contribution in [2.75, 3.05) is 0 Å². The third-order valence-corrected chi connectivity index (χ3v) is 3.66. The second-order valence-corrected chi connectivity index (χ2v) is 5.11. The number of hydrogen-bond acceptors (Lipinski definition) is 4. The van der Waals surface area contributed by atoms with E-state index in [2.05, 4.69) is 11.1 Å². The molecule has 108 valence electrons. The summed E-state index contributed by atoms with van der Waals surface area (Å²) in [6.45, 7) is 0.384. The molecule has 1 aromatic carbocycles. The van der Waals surface area contributed by atoms with Crippen LogP contribution in [0.1, 0.15) is 33.6 Å². The number of aromatic nitrogens is 1. The second-order valence-electron chi connectivity index (χ2n) is 5.11. The number of ether oxygens (including phenoxy) is 1. The van der Waals surface area contributed by atoms with Crippen molar-refractivity contribution in [3.8, 4) is 11.6 Å². The van der Waals surface area contributed by atoms with Crippen molar-refractivity contribution >= 4 is 5.91 Å². The van der Waals surface area contributed by atoms with Gasteiger partial charge in [0.1, 0.15) is 5.75 Å². The molecule has 0 bridgehead atoms. The van der Waals surface area contributed by atoms with Gasteiger partial charge in [0.2, 0.25) is 11.8 Å². The van der Waals surface area contributed by atoms with Crippen LogP contribution in [0, 0.1) is 0 Å². The fraction of sp³-hybridized carbons (Fsp3) is 0.250. The van der Waals surface area contributed by atoms with Gasteiger partial charge in [0, 0.05) is 23.4 Å². The van der Waals surface area contributed by atoms with Crippen molar-refractivity contribution < 1.29 is 9.53 Å². The van der Waals surface area contributed by atoms with Crippen LogP contribution in [-0.2, 0) is 19.4 Å². The molecule has 3 rings (SSSR count). The molecule has 0 unspecified atom stereocenters. The molecule has 0 radical (unpaired) electrons. The molecule has 1 aliphatic carbocycles. The molecule has 1 aliphatic rings. The Labute approximate surface area is 122 Å². The Hall–Kier alpha value is -2.40. The normalized spacial score (nSPS) is 13.0. The highest BCUT2D eigenvalue weighted by molar-refractivity contribution is 5.92. The number of primary amides is 1. The topological polar surface area (TPSA) is 91.2 Å². The van der Waals surface area contributed by atoms with Gasteiger partial charge in [0.15, 0.2) is 0 Å². The summed E-state index contributed by atoms with van der Waals surface area (Å²) in [6, 6.07) is 8.76. The van der Waals surface area contributed by atoms with E-state index in [-0.39, 0.29) is 0 Å². The van der Waals surface area contributed by atoms with Gasteiger partial charge in [-0.1, -0.05) is 0 Å². The third-order valence-electron chi connectivity index (χ3n) is 3.66. The molecule has 0 fully saturated rings. The molecule has 0 aliphatic heterocycles. The zero-order valence-electron chi connectivity index (χ0n) is 11.6. The number of benzene rings is 1. The van der Waals surface area contributed by atoms with E-state index in [4.69, 9.17) is 16.2 Å². The number of nitrogens with zero attached hydrogens (tertiary/aromatic N) is 1. The maximum atomic E-state index is 11.1. The standard InChI is InChI=1S/C16H17N3O2/c17-9-12-8-11-2-1-3-14(11)19-16(12)21-13-6-4-10(5-7-13)15(18)20/h4-8H,1-3,9,17H2,(H2,18,20). The minimum atomic E-state index is -0.458. The zero-order chi connectivity index (χ0) is 14.8. The Bertz CT molecular complexity index is 681. The minimum absolute atomic E-state index is 0.384. The van der Waals surface area contributed by atoms with Gasteiger partial charge < -0.3 is 16.2 Å². The van der Waals surface area contributed by atoms with E-state index < -0.39 is 5.91 Å². The van der Waals surface area contributed by atoms with Crippen molar-refractivity contribution in [2.24, 2.45) is 11.5 Å². The maximum absolute atomic E-state index is 11.1. The minimum Gasteiger partial charge on any atom is -0.439 e. The summed E-state index contributed by atoms with van der Waals surface area (Å²) in [4.78, 5) is 15.6. The number of aryl methyl sites for hydroxylation is 2. The predicted octanol–water partition coefficient (Wildman–Crippen LogP) is 1.92. The van der Waals surface area contributed by atoms with Gasteiger partial charge in [0.05, 0.1) is 0 Å². The molecule has 2 aromatic rings. The lowest BCUT2D eigenvalue weighted by Gasteiger charge is -2.11. The highest BCUT2D eigenvalue weighted by Crippen LogP contribution is 2.29. The molecule has 1 heterocycles. The van der Waals surface area contributed by atoms with Gasteiger partial charge in [-0.05, 0) is 55.2 Å². The smallest absolute Gasteiger partial charge is 0.248 e. The summed E-state index contributed by atoms with van der Waals surface area (Å²) in [6.07, 6.45) is 3.17. The van der Waals surface area contributed by atoms with Crippen LogP contribution in [-0.4, -0.2) is 10.9 Å². The number of carbonyl (C=O) groups is 1. The van der Waals surface area contributed by atoms with Crippen molar-refractivity contribution in [3.63, 3.8) is 0 Å². The van der Waals surface area contributed by atoms with E-state index in [9.17, 15) is 4.79 Å². The maximum Gasteiger partial charge on any atom is 0.248 e. The highest BCUT2D eigenvalue weighted by Gasteiger charge is 2.17. The van der Waals surface area contributed by atoms with Gasteiger partial charge in [-0.25, -0.2) is 4.98 Å². The average Bonchev–Trinajstić information content (AvgIpc) is 2.94. The summed E-state index contributed by atoms with van der Waals surface area (Å²) in [5, 5.41) is 0. The van der Waals surface area contributed by atoms with Crippen molar-refractivity contribution in [3.05, 3.63) is 52.7 Å². The number of rotatable bonds is 4. The van der Waals surface area contributed by atoms with Crippen LogP contribution in [0.5, 0.6) is 11.6 Å². The number of hydrogen-bond donors (Lipinski definition) is 2. The predicted molar refractivity (Wildman–Crippen MR) is 79.2 cm³/mol. The lowest BCUT2D eigenvalue weighted by molar-refractivity contribution is 0.100. The van der Waals surface area contributed by atoms with E-state index in [0.717, 1.165) is 30.5 Å². The summed E-state index contributed by atoms with van der Waals surface area (Å²) in [5.41, 5.74) is 14.7. The molecule has 4 N–H and O–H groups in total. The first-order valence-corrected chi connectivity index (χ1v) is 6.97. The van der Waals surface area contributed by atoms with Gasteiger partial charge in [-0.3, -0.25) is 4.79 Å². The first-order chi connectivity index (χ1) is 10.2. The largest absolute Gasteiger partial charge is 0.439 e. The second kappa shape index (κ2) is 5.54. The highest BCUT2D eigenvalue weighted by atomic mass is 16.5. The average molecular weight is 283 g/mol. The van der Waals surface area contributed by atoms with Crippen LogP contribution < -0.4 is 16.2 Å². The Morgan fingerprint density at radius 2 is 2.00 bits per heavy atom. The summed E-state index contributed by atoms with van der Waals surface area (Å²) < 4.78 is 5.82. The first-order valence-electron chi connectivity index (χ1n) is 6.97. The first kappa shape index (κ1) is 13.6. The number of fused-ring (bicyclic) bond motifs is 1. The van der Waals surface area contributed by atoms with Crippen LogP contribution in [0.15, 0.2) is 30.3 Å². The van der Waals surface area contributed by atoms with Gasteiger partial charge in [-0.2, -0.15) is 0 Å². The molecule has 0 atom stereocenters. The molecule has 5 nitrogen and oxygen atoms in total. The third kappa shape index (κ3) is 2.73. The molecule has 0 saturated carbocycles. The van der Waals surface area contributed by atoms with Gasteiger partial charge in [-0.15, -0.1) is 0 Å². The quantitative estimate of drug-likeness (QED) is 0.896. The lowest BCUT2D eigenvalue weighted by Crippen LogP contribution is -2.10. The van der Waals surface area contributed by atoms with Crippen LogP contribution in [0.25, 0.3) is 0 Å². The monoisotopic (exact) mass is 283 g/mol. The van der Waals surface area contributed by atoms with Gasteiger partial charge in [0.25, 0.3) is 0 Å². The summed E-state index contributed by atoms with van der Waals surface area (Å²) >= 11 is 0. The Kier molecular flexibility index (Phi) is 3.58. The summed E-state index contributed by atoms with van der Waals surface area (Å²) in [5.74, 6) is 0.699. The number of pyridine rings is 1. The van der Waals surface area contributed by atoms with Crippen LogP contribution in [0.4, 0.5) is 0 Å². The molecule has 5 heteroatoms. The fourth-order valence-corrected chi connectivity index (χ4v) is 2.53. The Morgan fingerprint density at radius 1 is 1.24 bits per heavy atom. The summed E-state index contributed by atoms with van der Waals surface area (Å²) in [7, 11) is 0. The van der Waals surface area contributed by atoms with Crippen molar-refractivity contribution in [1.82, 2.24) is 4.98 Å². The number of amides is 1. The molecule has 0 saturated heterocycles. The van der Waals surface area contributed by atoms with E-state index >= 15 is 0 Å². The van der Waals surface area contributed by atoms with E-state index in [1.54, 1.807) is 24.3 Å². The van der Waals surface area contributed by atoms with Crippen LogP contribution in [0.2, 0.25) is 0 Å². The molecular formula is C16H17N3O2. The number of nitrogens with two attached hydrogens (primary N) is 2. The molecule has 0 spiro atoms. The lowest BCUT2D eigenvalue weighted by atomic mass is 10.1. The van der Waals surface area contributed by atoms with Crippen molar-refractivity contribution in [2.45, 2.75) is 25.8 Å². The number of carbonyl (C=O) groups excluding carboxylic acids is 1. The zero-order valence-corrected chi connectivity index (χ0v) is 11.6. The Balaban J connectivity index is 1.88. The Morgan fingerprint density at radius 3 is 2.67 bits per heavy atom. The van der Waals surface area contributed by atoms with E-state index in [1.807, 2.05) is 0 Å². The fourth-order valence-electron chi connectivity index (χ4n) is 2.53. The SMILES string of the molecule is NCc1cc2c(nc1Oc1ccc(C(N)=O)cc1)CCC2. The molecule has 1 aromatic heterocycles. The molecule has 21 heavy (non-hydrogen) atoms. The molecular weight excluding hydrogens is 266 g/mol. The van der Waals surface area contributed by atoms with E-state index in [1.165, 1.54) is 5.56 Å². The van der Waals surface area contributed by atoms with Gasteiger partial charge >= 0.3 is 0 Å². The van der Waals surface area contributed by atoms with E-state index in [0.29, 0.717) is 23.7 Å². The van der Waals surface area contributed by atoms with Crippen LogP contribution >= 0.6 is 0 Å². The molecule has 1 amide bonds. The van der Waals surface area contributed by atoms with Crippen molar-refractivity contribution in [1.29, 1.82) is 0 Å².